The van der Waals surface area contributed by atoms with Gasteiger partial charge in [0.05, 0.1) is 0 Å². The minimum atomic E-state index is -0.679. The molecule has 0 aliphatic heterocycles. The Morgan fingerprint density at radius 2 is 1.76 bits per heavy atom. The van der Waals surface area contributed by atoms with Gasteiger partial charge in [-0.05, 0) is 24.6 Å². The van der Waals surface area contributed by atoms with Gasteiger partial charge in [0.25, 0.3) is 5.91 Å². The lowest BCUT2D eigenvalue weighted by Gasteiger charge is -2.28. The first kappa shape index (κ1) is 18.4. The highest BCUT2D eigenvalue weighted by Gasteiger charge is 2.26. The molecule has 0 aromatic heterocycles. The molecule has 25 heavy (non-hydrogen) atoms. The summed E-state index contributed by atoms with van der Waals surface area (Å²) in [6.07, 6.45) is 0. The Kier molecular flexibility index (Phi) is 6.51. The molecule has 2 amide bonds. The van der Waals surface area contributed by atoms with Crippen LogP contribution in [0.4, 0.5) is 4.39 Å². The highest BCUT2D eigenvalue weighted by molar-refractivity contribution is 5.87. The van der Waals surface area contributed by atoms with Crippen molar-refractivity contribution in [2.24, 2.45) is 0 Å². The maximum Gasteiger partial charge on any atom is 0.261 e. The van der Waals surface area contributed by atoms with Crippen molar-refractivity contribution < 1.29 is 18.7 Å². The van der Waals surface area contributed by atoms with Gasteiger partial charge in [0.2, 0.25) is 5.91 Å². The van der Waals surface area contributed by atoms with E-state index in [9.17, 15) is 14.0 Å². The first-order valence-corrected chi connectivity index (χ1v) is 7.95. The van der Waals surface area contributed by atoms with Gasteiger partial charge in [0, 0.05) is 13.6 Å². The molecule has 0 saturated heterocycles. The van der Waals surface area contributed by atoms with E-state index in [0.29, 0.717) is 0 Å². The van der Waals surface area contributed by atoms with Crippen LogP contribution in [0, 0.1) is 5.82 Å². The minimum Gasteiger partial charge on any atom is -0.481 e. The van der Waals surface area contributed by atoms with Gasteiger partial charge in [-0.3, -0.25) is 9.59 Å². The van der Waals surface area contributed by atoms with Gasteiger partial charge >= 0.3 is 0 Å². The van der Waals surface area contributed by atoms with E-state index < -0.39 is 17.8 Å². The van der Waals surface area contributed by atoms with Crippen molar-refractivity contribution in [1.29, 1.82) is 0 Å². The number of halogens is 1. The molecule has 1 atom stereocenters. The number of hydrogen-bond acceptors (Lipinski definition) is 3. The Morgan fingerprint density at radius 1 is 1.12 bits per heavy atom. The quantitative estimate of drug-likeness (QED) is 0.839. The van der Waals surface area contributed by atoms with E-state index in [-0.39, 0.29) is 24.8 Å². The molecule has 0 spiro atoms. The molecule has 0 bridgehead atoms. The molecule has 132 valence electrons. The lowest BCUT2D eigenvalue weighted by atomic mass is 10.1. The number of para-hydroxylation sites is 1. The highest BCUT2D eigenvalue weighted by Crippen LogP contribution is 2.16. The van der Waals surface area contributed by atoms with Crippen LogP contribution in [-0.4, -0.2) is 36.4 Å². The molecule has 0 aliphatic rings. The van der Waals surface area contributed by atoms with Crippen molar-refractivity contribution in [3.8, 4) is 5.75 Å². The average molecular weight is 344 g/mol. The summed E-state index contributed by atoms with van der Waals surface area (Å²) in [4.78, 5) is 26.0. The fourth-order valence-corrected chi connectivity index (χ4v) is 2.36. The van der Waals surface area contributed by atoms with E-state index in [1.165, 1.54) is 24.1 Å². The number of likely N-dealkylation sites (N-methyl/N-ethyl adjacent to an activating group) is 1. The van der Waals surface area contributed by atoms with Gasteiger partial charge in [-0.2, -0.15) is 0 Å². The number of hydrogen-bond donors (Lipinski definition) is 1. The predicted octanol–water partition coefficient (Wildman–Crippen LogP) is 2.37. The summed E-state index contributed by atoms with van der Waals surface area (Å²) in [5, 5.41) is 2.54. The molecular formula is C19H21FN2O3. The summed E-state index contributed by atoms with van der Waals surface area (Å²) in [5.41, 5.74) is 0.887. The van der Waals surface area contributed by atoms with Gasteiger partial charge in [0.15, 0.2) is 18.2 Å². The molecule has 0 aliphatic carbocycles. The lowest BCUT2D eigenvalue weighted by molar-refractivity contribution is -0.142. The van der Waals surface area contributed by atoms with Gasteiger partial charge in [0.1, 0.15) is 6.04 Å². The molecular weight excluding hydrogens is 323 g/mol. The zero-order valence-corrected chi connectivity index (χ0v) is 14.2. The third-order valence-electron chi connectivity index (χ3n) is 3.80. The number of benzene rings is 2. The van der Waals surface area contributed by atoms with Crippen molar-refractivity contribution in [1.82, 2.24) is 10.2 Å². The average Bonchev–Trinajstić information content (AvgIpc) is 2.64. The normalized spacial score (nSPS) is 11.5. The van der Waals surface area contributed by atoms with Gasteiger partial charge in [-0.25, -0.2) is 4.39 Å². The predicted molar refractivity (Wildman–Crippen MR) is 92.4 cm³/mol. The van der Waals surface area contributed by atoms with Crippen LogP contribution in [0.5, 0.6) is 5.75 Å². The van der Waals surface area contributed by atoms with Crippen molar-refractivity contribution in [2.75, 3.05) is 13.7 Å². The molecule has 0 heterocycles. The van der Waals surface area contributed by atoms with Gasteiger partial charge < -0.3 is 15.0 Å². The summed E-state index contributed by atoms with van der Waals surface area (Å²) in [5.74, 6) is -1.22. The van der Waals surface area contributed by atoms with Crippen molar-refractivity contribution in [2.45, 2.75) is 19.5 Å². The van der Waals surface area contributed by atoms with Crippen molar-refractivity contribution >= 4 is 11.8 Å². The van der Waals surface area contributed by atoms with E-state index in [1.54, 1.807) is 19.1 Å². The first-order chi connectivity index (χ1) is 12.0. The fourth-order valence-electron chi connectivity index (χ4n) is 2.36. The van der Waals surface area contributed by atoms with Crippen LogP contribution >= 0.6 is 0 Å². The molecule has 2 rings (SSSR count). The van der Waals surface area contributed by atoms with Crippen molar-refractivity contribution in [3.63, 3.8) is 0 Å². The lowest BCUT2D eigenvalue weighted by Crippen LogP contribution is -2.48. The Balaban J connectivity index is 2.11. The molecule has 0 saturated carbocycles. The van der Waals surface area contributed by atoms with Crippen LogP contribution in [0.3, 0.4) is 0 Å². The molecule has 0 unspecified atom stereocenters. The summed E-state index contributed by atoms with van der Waals surface area (Å²) >= 11 is 0. The van der Waals surface area contributed by atoms with E-state index in [2.05, 4.69) is 5.32 Å². The number of amides is 2. The summed E-state index contributed by atoms with van der Waals surface area (Å²) < 4.78 is 18.9. The van der Waals surface area contributed by atoms with E-state index in [1.807, 2.05) is 30.3 Å². The molecule has 1 N–H and O–H groups in total. The van der Waals surface area contributed by atoms with Crippen molar-refractivity contribution in [3.05, 3.63) is 66.0 Å². The second-order valence-electron chi connectivity index (χ2n) is 5.52. The Morgan fingerprint density at radius 3 is 2.40 bits per heavy atom. The maximum absolute atomic E-state index is 13.6. The number of nitrogens with zero attached hydrogens (tertiary/aromatic N) is 1. The molecule has 2 aromatic rings. The SMILES string of the molecule is CNC(=O)[C@@H](C)N(Cc1ccccc1)C(=O)COc1ccccc1F. The molecule has 6 heteroatoms. The standard InChI is InChI=1S/C19H21FN2O3/c1-14(19(24)21-2)22(12-15-8-4-3-5-9-15)18(23)13-25-17-11-7-6-10-16(17)20/h3-11,14H,12-13H2,1-2H3,(H,21,24)/t14-/m1/s1. The zero-order chi connectivity index (χ0) is 18.2. The molecule has 5 nitrogen and oxygen atoms in total. The number of ether oxygens (including phenoxy) is 1. The van der Waals surface area contributed by atoms with Crippen LogP contribution in [-0.2, 0) is 16.1 Å². The van der Waals surface area contributed by atoms with Crippen LogP contribution in [0.15, 0.2) is 54.6 Å². The zero-order valence-electron chi connectivity index (χ0n) is 14.2. The summed E-state index contributed by atoms with van der Waals surface area (Å²) in [7, 11) is 1.51. The molecule has 0 radical (unpaired) electrons. The van der Waals surface area contributed by atoms with Crippen LogP contribution < -0.4 is 10.1 Å². The van der Waals surface area contributed by atoms with Crippen LogP contribution in [0.25, 0.3) is 0 Å². The Labute approximate surface area is 146 Å². The number of rotatable bonds is 7. The molecule has 0 fully saturated rings. The second-order valence-corrected chi connectivity index (χ2v) is 5.52. The maximum atomic E-state index is 13.6. The fraction of sp³-hybridized carbons (Fsp3) is 0.263. The van der Waals surface area contributed by atoms with Gasteiger partial charge in [-0.1, -0.05) is 42.5 Å². The summed E-state index contributed by atoms with van der Waals surface area (Å²) in [6.45, 7) is 1.55. The smallest absolute Gasteiger partial charge is 0.261 e. The monoisotopic (exact) mass is 344 g/mol. The topological polar surface area (TPSA) is 58.6 Å². The largest absolute Gasteiger partial charge is 0.481 e. The third-order valence-corrected chi connectivity index (χ3v) is 3.80. The Hall–Kier alpha value is -2.89. The second kappa shape index (κ2) is 8.82. The number of carbonyl (C=O) groups excluding carboxylic acids is 2. The van der Waals surface area contributed by atoms with E-state index in [0.717, 1.165) is 5.56 Å². The number of carbonyl (C=O) groups is 2. The van der Waals surface area contributed by atoms with Crippen LogP contribution in [0.1, 0.15) is 12.5 Å². The highest BCUT2D eigenvalue weighted by atomic mass is 19.1. The third kappa shape index (κ3) is 5.04. The number of nitrogens with one attached hydrogen (secondary N) is 1. The Bertz CT molecular complexity index is 722. The first-order valence-electron chi connectivity index (χ1n) is 7.95. The van der Waals surface area contributed by atoms with Gasteiger partial charge in [-0.15, -0.1) is 0 Å². The van der Waals surface area contributed by atoms with E-state index in [4.69, 9.17) is 4.74 Å². The molecule has 2 aromatic carbocycles. The van der Waals surface area contributed by atoms with Crippen LogP contribution in [0.2, 0.25) is 0 Å². The summed E-state index contributed by atoms with van der Waals surface area (Å²) in [6, 6.07) is 14.5. The minimum absolute atomic E-state index is 0.00288. The van der Waals surface area contributed by atoms with E-state index >= 15 is 0 Å².